The third-order valence-electron chi connectivity index (χ3n) is 2.22. The Morgan fingerprint density at radius 1 is 1.06 bits per heavy atom. The van der Waals surface area contributed by atoms with Crippen LogP contribution in [0.4, 0.5) is 4.79 Å². The first-order chi connectivity index (χ1) is 8.51. The van der Waals surface area contributed by atoms with E-state index in [0.717, 1.165) is 0 Å². The zero-order chi connectivity index (χ0) is 14.1. The Morgan fingerprint density at radius 3 is 2.06 bits per heavy atom. The van der Waals surface area contributed by atoms with Crippen molar-refractivity contribution >= 4 is 29.0 Å². The van der Waals surface area contributed by atoms with Gasteiger partial charge in [0, 0.05) is 0 Å². The molecule has 0 fully saturated rings. The van der Waals surface area contributed by atoms with Gasteiger partial charge in [-0.3, -0.25) is 9.59 Å². The fourth-order valence-corrected chi connectivity index (χ4v) is 2.26. The molecule has 0 spiro atoms. The van der Waals surface area contributed by atoms with Crippen LogP contribution in [0.3, 0.4) is 0 Å². The number of carbonyl (C=O) groups excluding carboxylic acids is 3. The number of thioether (sulfide) groups is 1. The van der Waals surface area contributed by atoms with Gasteiger partial charge in [0.15, 0.2) is 0 Å². The predicted octanol–water partition coefficient (Wildman–Crippen LogP) is 1.62. The minimum Gasteiger partial charge on any atom is -0.469 e. The monoisotopic (exact) mass is 278 g/mol. The summed E-state index contributed by atoms with van der Waals surface area (Å²) in [7, 11) is 2.44. The van der Waals surface area contributed by atoms with E-state index < -0.39 is 28.4 Å². The van der Waals surface area contributed by atoms with Crippen LogP contribution in [0, 0.1) is 5.92 Å². The molecule has 0 aromatic heterocycles. The maximum Gasteiger partial charge on any atom is 0.367 e. The van der Waals surface area contributed by atoms with Gasteiger partial charge in [-0.15, -0.1) is 0 Å². The van der Waals surface area contributed by atoms with E-state index in [4.69, 9.17) is 4.74 Å². The molecular formula is C11H18O6S. The van der Waals surface area contributed by atoms with Crippen LogP contribution >= 0.6 is 11.8 Å². The van der Waals surface area contributed by atoms with Gasteiger partial charge in [-0.1, -0.05) is 6.92 Å². The van der Waals surface area contributed by atoms with Gasteiger partial charge in [0.05, 0.1) is 26.7 Å². The van der Waals surface area contributed by atoms with Crippen LogP contribution in [0.2, 0.25) is 0 Å². The summed E-state index contributed by atoms with van der Waals surface area (Å²) in [4.78, 5) is 34.6. The molecule has 0 aliphatic heterocycles. The molecule has 18 heavy (non-hydrogen) atoms. The summed E-state index contributed by atoms with van der Waals surface area (Å²) in [6, 6.07) is 0. The van der Waals surface area contributed by atoms with E-state index in [0.29, 0.717) is 18.2 Å². The molecule has 0 rings (SSSR count). The lowest BCUT2D eigenvalue weighted by atomic mass is 10.0. The van der Waals surface area contributed by atoms with Crippen LogP contribution in [-0.4, -0.2) is 43.3 Å². The topological polar surface area (TPSA) is 78.9 Å². The molecule has 0 radical (unpaired) electrons. The van der Waals surface area contributed by atoms with Crippen LogP contribution < -0.4 is 0 Å². The number of carbonyl (C=O) groups is 3. The van der Waals surface area contributed by atoms with Gasteiger partial charge in [0.1, 0.15) is 5.25 Å². The van der Waals surface area contributed by atoms with E-state index in [1.807, 2.05) is 0 Å². The molecule has 7 heteroatoms. The molecule has 0 aromatic rings. The Bertz CT molecular complexity index is 304. The zero-order valence-corrected chi connectivity index (χ0v) is 11.7. The van der Waals surface area contributed by atoms with Gasteiger partial charge in [0.25, 0.3) is 0 Å². The Kier molecular flexibility index (Phi) is 8.19. The number of methoxy groups -OCH3 is 2. The molecule has 0 N–H and O–H groups in total. The smallest absolute Gasteiger partial charge is 0.367 e. The maximum absolute atomic E-state index is 11.8. The van der Waals surface area contributed by atoms with Crippen LogP contribution in [0.25, 0.3) is 0 Å². The molecule has 0 saturated carbocycles. The second-order valence-corrected chi connectivity index (χ2v) is 4.36. The number of hydrogen-bond acceptors (Lipinski definition) is 7. The highest BCUT2D eigenvalue weighted by Gasteiger charge is 2.37. The molecule has 0 heterocycles. The van der Waals surface area contributed by atoms with Crippen LogP contribution in [0.15, 0.2) is 0 Å². The van der Waals surface area contributed by atoms with Crippen LogP contribution in [0.1, 0.15) is 20.3 Å². The quantitative estimate of drug-likeness (QED) is 0.539. The lowest BCUT2D eigenvalue weighted by molar-refractivity contribution is -0.152. The minimum atomic E-state index is -0.949. The summed E-state index contributed by atoms with van der Waals surface area (Å²) in [5.74, 6) is -1.91. The average molecular weight is 278 g/mol. The fraction of sp³-hybridized carbons (Fsp3) is 0.727. The van der Waals surface area contributed by atoms with Crippen molar-refractivity contribution in [3.05, 3.63) is 0 Å². The molecule has 0 amide bonds. The average Bonchev–Trinajstić information content (AvgIpc) is 2.37. The van der Waals surface area contributed by atoms with Crippen molar-refractivity contribution in [2.75, 3.05) is 20.8 Å². The van der Waals surface area contributed by atoms with Crippen molar-refractivity contribution in [1.82, 2.24) is 0 Å². The highest BCUT2D eigenvalue weighted by atomic mass is 32.2. The first kappa shape index (κ1) is 16.8. The summed E-state index contributed by atoms with van der Waals surface area (Å²) >= 11 is 0.633. The maximum atomic E-state index is 11.8. The molecule has 0 aromatic carbocycles. The van der Waals surface area contributed by atoms with Gasteiger partial charge in [0.2, 0.25) is 0 Å². The van der Waals surface area contributed by atoms with E-state index in [1.165, 1.54) is 14.2 Å². The zero-order valence-electron chi connectivity index (χ0n) is 10.9. The Balaban J connectivity index is 4.97. The molecule has 2 atom stereocenters. The summed E-state index contributed by atoms with van der Waals surface area (Å²) < 4.78 is 13.9. The van der Waals surface area contributed by atoms with E-state index in [2.05, 4.69) is 9.47 Å². The number of hydrogen-bond donors (Lipinski definition) is 0. The molecule has 0 bridgehead atoms. The van der Waals surface area contributed by atoms with Crippen molar-refractivity contribution < 1.29 is 28.6 Å². The summed E-state index contributed by atoms with van der Waals surface area (Å²) in [6.45, 7) is 3.55. The van der Waals surface area contributed by atoms with Gasteiger partial charge < -0.3 is 14.2 Å². The number of ether oxygens (including phenoxy) is 3. The predicted molar refractivity (Wildman–Crippen MR) is 66.2 cm³/mol. The first-order valence-corrected chi connectivity index (χ1v) is 6.38. The lowest BCUT2D eigenvalue weighted by Crippen LogP contribution is -2.35. The van der Waals surface area contributed by atoms with Gasteiger partial charge >= 0.3 is 17.2 Å². The third-order valence-corrected chi connectivity index (χ3v) is 3.35. The van der Waals surface area contributed by atoms with Crippen molar-refractivity contribution in [3.63, 3.8) is 0 Å². The molecule has 0 aliphatic rings. The van der Waals surface area contributed by atoms with Crippen LogP contribution in [-0.2, 0) is 23.8 Å². The van der Waals surface area contributed by atoms with Crippen molar-refractivity contribution in [2.24, 2.45) is 5.92 Å². The molecule has 104 valence electrons. The first-order valence-electron chi connectivity index (χ1n) is 5.50. The minimum absolute atomic E-state index is 0.175. The van der Waals surface area contributed by atoms with E-state index in [9.17, 15) is 14.4 Å². The normalized spacial score (nSPS) is 13.3. The molecule has 6 nitrogen and oxygen atoms in total. The highest BCUT2D eigenvalue weighted by Crippen LogP contribution is 2.26. The second-order valence-electron chi connectivity index (χ2n) is 3.28. The highest BCUT2D eigenvalue weighted by molar-refractivity contribution is 8.14. The summed E-state index contributed by atoms with van der Waals surface area (Å²) in [6.07, 6.45) is 0.361. The van der Waals surface area contributed by atoms with Gasteiger partial charge in [-0.05, 0) is 25.1 Å². The van der Waals surface area contributed by atoms with E-state index in [1.54, 1.807) is 13.8 Å². The Hall–Kier alpha value is -1.24. The van der Waals surface area contributed by atoms with Crippen molar-refractivity contribution in [3.8, 4) is 0 Å². The molecule has 0 aliphatic carbocycles. The third kappa shape index (κ3) is 4.95. The second kappa shape index (κ2) is 8.79. The van der Waals surface area contributed by atoms with E-state index >= 15 is 0 Å². The molecular weight excluding hydrogens is 260 g/mol. The molecule has 0 saturated heterocycles. The lowest BCUT2D eigenvalue weighted by Gasteiger charge is -2.20. The van der Waals surface area contributed by atoms with Gasteiger partial charge in [-0.2, -0.15) is 0 Å². The Morgan fingerprint density at radius 2 is 1.67 bits per heavy atom. The summed E-state index contributed by atoms with van der Waals surface area (Å²) in [5.41, 5.74) is 0. The SMILES string of the molecule is CCOC(=O)[C@@H](SC(=O)OC)[C@H](CC)C(=O)OC. The fourth-order valence-electron chi connectivity index (χ4n) is 1.33. The number of rotatable bonds is 6. The summed E-state index contributed by atoms with van der Waals surface area (Å²) in [5, 5.41) is -1.59. The van der Waals surface area contributed by atoms with Crippen molar-refractivity contribution in [1.29, 1.82) is 0 Å². The molecule has 0 unspecified atom stereocenters. The Labute approximate surface area is 110 Å². The van der Waals surface area contributed by atoms with Gasteiger partial charge in [-0.25, -0.2) is 4.79 Å². The van der Waals surface area contributed by atoms with Crippen molar-refractivity contribution in [2.45, 2.75) is 25.5 Å². The standard InChI is InChI=1S/C11H18O6S/c1-5-7(9(12)15-3)8(10(13)17-6-2)18-11(14)16-4/h7-8H,5-6H2,1-4H3/t7-,8-/m0/s1. The number of esters is 2. The largest absolute Gasteiger partial charge is 0.469 e. The van der Waals surface area contributed by atoms with E-state index in [-0.39, 0.29) is 6.61 Å². The van der Waals surface area contributed by atoms with Crippen LogP contribution in [0.5, 0.6) is 0 Å².